The second-order valence-electron chi connectivity index (χ2n) is 2.57. The highest BCUT2D eigenvalue weighted by molar-refractivity contribution is 9.10. The topological polar surface area (TPSA) is 35.2 Å². The Labute approximate surface area is 85.0 Å². The van der Waals surface area contributed by atoms with Gasteiger partial charge in [0, 0.05) is 10.9 Å². The Kier molecular flexibility index (Phi) is 4.02. The number of nitrogen functional groups attached to an aromatic ring is 1. The van der Waals surface area contributed by atoms with E-state index >= 15 is 0 Å². The zero-order valence-corrected chi connectivity index (χ0v) is 8.68. The SMILES string of the molecule is Nc1cc(Br)ccc1OCCCF. The predicted molar refractivity (Wildman–Crippen MR) is 54.6 cm³/mol. The molecule has 0 aliphatic carbocycles. The molecule has 0 aliphatic rings. The van der Waals surface area contributed by atoms with Crippen LogP contribution in [-0.2, 0) is 0 Å². The molecule has 0 bridgehead atoms. The quantitative estimate of drug-likeness (QED) is 0.656. The van der Waals surface area contributed by atoms with Gasteiger partial charge in [-0.25, -0.2) is 0 Å². The second kappa shape index (κ2) is 5.07. The van der Waals surface area contributed by atoms with Crippen LogP contribution < -0.4 is 10.5 Å². The maximum atomic E-state index is 11.7. The molecule has 0 saturated carbocycles. The average Bonchev–Trinajstić information content (AvgIpc) is 2.09. The van der Waals surface area contributed by atoms with Crippen molar-refractivity contribution in [2.45, 2.75) is 6.42 Å². The van der Waals surface area contributed by atoms with Gasteiger partial charge in [0.2, 0.25) is 0 Å². The molecule has 2 N–H and O–H groups in total. The van der Waals surface area contributed by atoms with Gasteiger partial charge in [-0.1, -0.05) is 15.9 Å². The van der Waals surface area contributed by atoms with Crippen molar-refractivity contribution < 1.29 is 9.13 Å². The average molecular weight is 248 g/mol. The Bertz CT molecular complexity index is 280. The zero-order chi connectivity index (χ0) is 9.68. The van der Waals surface area contributed by atoms with Crippen molar-refractivity contribution in [2.24, 2.45) is 0 Å². The van der Waals surface area contributed by atoms with Crippen molar-refractivity contribution in [2.75, 3.05) is 19.0 Å². The molecular weight excluding hydrogens is 237 g/mol. The standard InChI is InChI=1S/C9H11BrFNO/c10-7-2-3-9(8(12)6-7)13-5-1-4-11/h2-3,6H,1,4-5,12H2. The van der Waals surface area contributed by atoms with Crippen LogP contribution in [0.3, 0.4) is 0 Å². The van der Waals surface area contributed by atoms with Gasteiger partial charge in [0.05, 0.1) is 19.0 Å². The summed E-state index contributed by atoms with van der Waals surface area (Å²) < 4.78 is 17.9. The molecule has 1 aromatic carbocycles. The lowest BCUT2D eigenvalue weighted by atomic mass is 10.3. The van der Waals surface area contributed by atoms with Crippen LogP contribution in [0, 0.1) is 0 Å². The van der Waals surface area contributed by atoms with E-state index in [0.29, 0.717) is 24.5 Å². The van der Waals surface area contributed by atoms with Gasteiger partial charge < -0.3 is 10.5 Å². The highest BCUT2D eigenvalue weighted by Crippen LogP contribution is 2.25. The predicted octanol–water partition coefficient (Wildman–Crippen LogP) is 2.77. The molecule has 0 spiro atoms. The Morgan fingerprint density at radius 1 is 1.46 bits per heavy atom. The van der Waals surface area contributed by atoms with Crippen molar-refractivity contribution in [1.29, 1.82) is 0 Å². The van der Waals surface area contributed by atoms with Gasteiger partial charge in [0.1, 0.15) is 5.75 Å². The second-order valence-corrected chi connectivity index (χ2v) is 3.49. The van der Waals surface area contributed by atoms with E-state index < -0.39 is 0 Å². The molecule has 0 fully saturated rings. The van der Waals surface area contributed by atoms with Gasteiger partial charge >= 0.3 is 0 Å². The summed E-state index contributed by atoms with van der Waals surface area (Å²) in [7, 11) is 0. The van der Waals surface area contributed by atoms with E-state index in [0.717, 1.165) is 4.47 Å². The minimum absolute atomic E-state index is 0.363. The Morgan fingerprint density at radius 2 is 2.23 bits per heavy atom. The van der Waals surface area contributed by atoms with Crippen LogP contribution in [0.5, 0.6) is 5.75 Å². The molecule has 0 saturated heterocycles. The third-order valence-electron chi connectivity index (χ3n) is 1.51. The molecule has 4 heteroatoms. The normalized spacial score (nSPS) is 10.0. The van der Waals surface area contributed by atoms with E-state index in [-0.39, 0.29) is 6.67 Å². The summed E-state index contributed by atoms with van der Waals surface area (Å²) >= 11 is 3.28. The zero-order valence-electron chi connectivity index (χ0n) is 7.09. The molecule has 72 valence electrons. The summed E-state index contributed by atoms with van der Waals surface area (Å²) in [4.78, 5) is 0. The molecule has 13 heavy (non-hydrogen) atoms. The first-order valence-corrected chi connectivity index (χ1v) is 4.77. The number of hydrogen-bond donors (Lipinski definition) is 1. The molecule has 0 radical (unpaired) electrons. The molecular formula is C9H11BrFNO. The molecule has 0 aliphatic heterocycles. The summed E-state index contributed by atoms with van der Waals surface area (Å²) in [5.41, 5.74) is 6.22. The summed E-state index contributed by atoms with van der Waals surface area (Å²) in [6.45, 7) is -0.00123. The number of anilines is 1. The van der Waals surface area contributed by atoms with Gasteiger partial charge in [-0.3, -0.25) is 4.39 Å². The fourth-order valence-corrected chi connectivity index (χ4v) is 1.27. The van der Waals surface area contributed by atoms with E-state index in [2.05, 4.69) is 15.9 Å². The lowest BCUT2D eigenvalue weighted by molar-refractivity contribution is 0.291. The largest absolute Gasteiger partial charge is 0.491 e. The molecule has 1 aromatic rings. The number of hydrogen-bond acceptors (Lipinski definition) is 2. The fraction of sp³-hybridized carbons (Fsp3) is 0.333. The van der Waals surface area contributed by atoms with E-state index in [9.17, 15) is 4.39 Å². The molecule has 0 atom stereocenters. The number of halogens is 2. The van der Waals surface area contributed by atoms with Gasteiger partial charge in [-0.15, -0.1) is 0 Å². The summed E-state index contributed by atoms with van der Waals surface area (Å²) in [5, 5.41) is 0. The maximum absolute atomic E-state index is 11.7. The van der Waals surface area contributed by atoms with E-state index in [4.69, 9.17) is 10.5 Å². The first-order chi connectivity index (χ1) is 6.24. The van der Waals surface area contributed by atoms with Crippen LogP contribution in [0.4, 0.5) is 10.1 Å². The summed E-state index contributed by atoms with van der Waals surface area (Å²) in [5.74, 6) is 0.608. The van der Waals surface area contributed by atoms with Crippen molar-refractivity contribution >= 4 is 21.6 Å². The van der Waals surface area contributed by atoms with Gasteiger partial charge in [0.25, 0.3) is 0 Å². The first-order valence-electron chi connectivity index (χ1n) is 3.98. The van der Waals surface area contributed by atoms with Gasteiger partial charge in [-0.2, -0.15) is 0 Å². The van der Waals surface area contributed by atoms with Crippen LogP contribution in [0.1, 0.15) is 6.42 Å². The van der Waals surface area contributed by atoms with Crippen LogP contribution in [0.25, 0.3) is 0 Å². The molecule has 0 unspecified atom stereocenters. The van der Waals surface area contributed by atoms with Crippen LogP contribution in [0.2, 0.25) is 0 Å². The number of nitrogens with two attached hydrogens (primary N) is 1. The van der Waals surface area contributed by atoms with Crippen molar-refractivity contribution in [1.82, 2.24) is 0 Å². The van der Waals surface area contributed by atoms with E-state index in [1.54, 1.807) is 12.1 Å². The van der Waals surface area contributed by atoms with Crippen LogP contribution >= 0.6 is 15.9 Å². The summed E-state index contributed by atoms with van der Waals surface area (Å²) in [6, 6.07) is 5.35. The molecule has 0 amide bonds. The molecule has 0 heterocycles. The number of rotatable bonds is 4. The van der Waals surface area contributed by atoms with Crippen LogP contribution in [-0.4, -0.2) is 13.3 Å². The Balaban J connectivity index is 2.56. The summed E-state index contributed by atoms with van der Waals surface area (Å²) in [6.07, 6.45) is 0.398. The Hall–Kier alpha value is -0.770. The minimum atomic E-state index is -0.365. The molecule has 2 nitrogen and oxygen atoms in total. The van der Waals surface area contributed by atoms with E-state index in [1.165, 1.54) is 0 Å². The smallest absolute Gasteiger partial charge is 0.142 e. The lowest BCUT2D eigenvalue weighted by Gasteiger charge is -2.07. The third-order valence-corrected chi connectivity index (χ3v) is 2.00. The number of benzene rings is 1. The van der Waals surface area contributed by atoms with Gasteiger partial charge in [-0.05, 0) is 18.2 Å². The van der Waals surface area contributed by atoms with Gasteiger partial charge in [0.15, 0.2) is 0 Å². The van der Waals surface area contributed by atoms with Crippen LogP contribution in [0.15, 0.2) is 22.7 Å². The first kappa shape index (κ1) is 10.3. The maximum Gasteiger partial charge on any atom is 0.142 e. The van der Waals surface area contributed by atoms with Crippen molar-refractivity contribution in [3.63, 3.8) is 0 Å². The van der Waals surface area contributed by atoms with Crippen molar-refractivity contribution in [3.05, 3.63) is 22.7 Å². The Morgan fingerprint density at radius 3 is 2.85 bits per heavy atom. The molecule has 1 rings (SSSR count). The number of alkyl halides is 1. The minimum Gasteiger partial charge on any atom is -0.491 e. The number of ether oxygens (including phenoxy) is 1. The fourth-order valence-electron chi connectivity index (χ4n) is 0.887. The third kappa shape index (κ3) is 3.22. The lowest BCUT2D eigenvalue weighted by Crippen LogP contribution is -2.00. The van der Waals surface area contributed by atoms with E-state index in [1.807, 2.05) is 6.07 Å². The van der Waals surface area contributed by atoms with Crippen molar-refractivity contribution in [3.8, 4) is 5.75 Å². The highest BCUT2D eigenvalue weighted by Gasteiger charge is 1.99. The molecule has 0 aromatic heterocycles. The monoisotopic (exact) mass is 247 g/mol. The highest BCUT2D eigenvalue weighted by atomic mass is 79.9.